The molecule has 1 rings (SSSR count). The molecule has 5 N–H and O–H groups in total. The Morgan fingerprint density at radius 1 is 1.25 bits per heavy atom. The smallest absolute Gasteiger partial charge is 0.312 e. The van der Waals surface area contributed by atoms with Crippen LogP contribution < -0.4 is 16.4 Å². The van der Waals surface area contributed by atoms with E-state index in [9.17, 15) is 9.59 Å². The minimum Gasteiger partial charge on any atom is -0.396 e. The van der Waals surface area contributed by atoms with Crippen LogP contribution in [0.15, 0.2) is 24.3 Å². The van der Waals surface area contributed by atoms with Crippen LogP contribution in [-0.2, 0) is 11.2 Å². The first kappa shape index (κ1) is 16.0. The fraction of sp³-hybridized carbons (Fsp3) is 0.429. The first-order valence-electron chi connectivity index (χ1n) is 6.50. The maximum atomic E-state index is 12.1. The van der Waals surface area contributed by atoms with Gasteiger partial charge < -0.3 is 21.5 Å². The number of nitrogens with two attached hydrogens (primary N) is 1. The largest absolute Gasteiger partial charge is 0.396 e. The molecule has 6 nitrogen and oxygen atoms in total. The van der Waals surface area contributed by atoms with Crippen molar-refractivity contribution in [2.24, 2.45) is 11.7 Å². The lowest BCUT2D eigenvalue weighted by atomic mass is 10.0. The first-order valence-corrected chi connectivity index (χ1v) is 6.50. The Labute approximate surface area is 118 Å². The van der Waals surface area contributed by atoms with E-state index in [2.05, 4.69) is 10.6 Å². The predicted octanol–water partition coefficient (Wildman–Crippen LogP) is 0.853. The molecule has 3 amide bonds. The molecule has 0 aliphatic carbocycles. The number of amides is 3. The standard InChI is InChI=1S/C14H21N3O3/c1-9(2)12(17-14(15)20)13(19)16-11-5-3-10(4-6-11)7-8-18/h3-6,9,12,18H,7-8H2,1-2H3,(H,16,19)(H3,15,17,20). The zero-order chi connectivity index (χ0) is 15.1. The lowest BCUT2D eigenvalue weighted by molar-refractivity contribution is -0.118. The van der Waals surface area contributed by atoms with Crippen LogP contribution in [0.2, 0.25) is 0 Å². The van der Waals surface area contributed by atoms with Gasteiger partial charge in [-0.15, -0.1) is 0 Å². The summed E-state index contributed by atoms with van der Waals surface area (Å²) >= 11 is 0. The van der Waals surface area contributed by atoms with Gasteiger partial charge in [-0.3, -0.25) is 4.79 Å². The number of carbonyl (C=O) groups excluding carboxylic acids is 2. The molecule has 6 heteroatoms. The number of hydrogen-bond acceptors (Lipinski definition) is 3. The van der Waals surface area contributed by atoms with Crippen LogP contribution in [0, 0.1) is 5.92 Å². The van der Waals surface area contributed by atoms with E-state index < -0.39 is 12.1 Å². The van der Waals surface area contributed by atoms with Crippen molar-refractivity contribution in [3.8, 4) is 0 Å². The molecule has 0 aliphatic rings. The number of urea groups is 1. The van der Waals surface area contributed by atoms with Crippen LogP contribution in [0.1, 0.15) is 19.4 Å². The first-order chi connectivity index (χ1) is 9.43. The van der Waals surface area contributed by atoms with E-state index in [0.29, 0.717) is 12.1 Å². The van der Waals surface area contributed by atoms with Gasteiger partial charge in [-0.05, 0) is 30.0 Å². The number of carbonyl (C=O) groups is 2. The van der Waals surface area contributed by atoms with Crippen LogP contribution in [0.5, 0.6) is 0 Å². The average Bonchev–Trinajstić information content (AvgIpc) is 2.38. The van der Waals surface area contributed by atoms with E-state index in [1.807, 2.05) is 26.0 Å². The van der Waals surface area contributed by atoms with Crippen LogP contribution in [0.25, 0.3) is 0 Å². The van der Waals surface area contributed by atoms with Crippen LogP contribution in [0.3, 0.4) is 0 Å². The van der Waals surface area contributed by atoms with Crippen molar-refractivity contribution in [3.63, 3.8) is 0 Å². The molecule has 0 saturated carbocycles. The third-order valence-corrected chi connectivity index (χ3v) is 2.87. The summed E-state index contributed by atoms with van der Waals surface area (Å²) in [7, 11) is 0. The number of primary amides is 1. The molecule has 1 aromatic carbocycles. The number of aliphatic hydroxyl groups excluding tert-OH is 1. The summed E-state index contributed by atoms with van der Waals surface area (Å²) in [5, 5.41) is 14.0. The average molecular weight is 279 g/mol. The molecule has 0 spiro atoms. The van der Waals surface area contributed by atoms with Gasteiger partial charge in [0.2, 0.25) is 5.91 Å². The predicted molar refractivity (Wildman–Crippen MR) is 77.2 cm³/mol. The molecule has 0 aromatic heterocycles. The molecule has 0 heterocycles. The highest BCUT2D eigenvalue weighted by molar-refractivity contribution is 5.97. The Morgan fingerprint density at radius 2 is 1.85 bits per heavy atom. The fourth-order valence-corrected chi connectivity index (χ4v) is 1.79. The molecule has 1 unspecified atom stereocenters. The SMILES string of the molecule is CC(C)C(NC(N)=O)C(=O)Nc1ccc(CCO)cc1. The lowest BCUT2D eigenvalue weighted by Gasteiger charge is -2.20. The summed E-state index contributed by atoms with van der Waals surface area (Å²) in [6, 6.07) is 5.77. The minimum atomic E-state index is -0.725. The summed E-state index contributed by atoms with van der Waals surface area (Å²) in [5.74, 6) is -0.384. The molecule has 0 saturated heterocycles. The van der Waals surface area contributed by atoms with Gasteiger partial charge in [0, 0.05) is 12.3 Å². The monoisotopic (exact) mass is 279 g/mol. The van der Waals surface area contributed by atoms with Crippen molar-refractivity contribution in [2.75, 3.05) is 11.9 Å². The molecule has 1 atom stereocenters. The highest BCUT2D eigenvalue weighted by Crippen LogP contribution is 2.12. The molecular weight excluding hydrogens is 258 g/mol. The maximum Gasteiger partial charge on any atom is 0.312 e. The second-order valence-electron chi connectivity index (χ2n) is 4.89. The zero-order valence-electron chi connectivity index (χ0n) is 11.7. The summed E-state index contributed by atoms with van der Waals surface area (Å²) in [6.07, 6.45) is 0.575. The number of benzene rings is 1. The third kappa shape index (κ3) is 4.89. The van der Waals surface area contributed by atoms with Crippen molar-refractivity contribution >= 4 is 17.6 Å². The minimum absolute atomic E-state index is 0.0730. The van der Waals surface area contributed by atoms with E-state index in [0.717, 1.165) is 5.56 Å². The third-order valence-electron chi connectivity index (χ3n) is 2.87. The molecule has 110 valence electrons. The molecule has 0 fully saturated rings. The van der Waals surface area contributed by atoms with Gasteiger partial charge in [0.1, 0.15) is 6.04 Å². The fourth-order valence-electron chi connectivity index (χ4n) is 1.79. The van der Waals surface area contributed by atoms with Crippen molar-refractivity contribution < 1.29 is 14.7 Å². The van der Waals surface area contributed by atoms with E-state index >= 15 is 0 Å². The Morgan fingerprint density at radius 3 is 2.30 bits per heavy atom. The number of rotatable bonds is 6. The lowest BCUT2D eigenvalue weighted by Crippen LogP contribution is -2.49. The number of hydrogen-bond donors (Lipinski definition) is 4. The molecule has 0 aliphatic heterocycles. The highest BCUT2D eigenvalue weighted by Gasteiger charge is 2.23. The zero-order valence-corrected chi connectivity index (χ0v) is 11.7. The maximum absolute atomic E-state index is 12.1. The quantitative estimate of drug-likeness (QED) is 0.620. The Balaban J connectivity index is 2.69. The van der Waals surface area contributed by atoms with Crippen molar-refractivity contribution in [1.29, 1.82) is 0 Å². The van der Waals surface area contributed by atoms with Crippen LogP contribution in [-0.4, -0.2) is 29.7 Å². The van der Waals surface area contributed by atoms with Gasteiger partial charge in [0.25, 0.3) is 0 Å². The topological polar surface area (TPSA) is 104 Å². The molecule has 20 heavy (non-hydrogen) atoms. The van der Waals surface area contributed by atoms with Crippen molar-refractivity contribution in [2.45, 2.75) is 26.3 Å². The number of nitrogens with one attached hydrogen (secondary N) is 2. The number of aliphatic hydroxyl groups is 1. The normalized spacial score (nSPS) is 12.0. The summed E-state index contributed by atoms with van der Waals surface area (Å²) < 4.78 is 0. The van der Waals surface area contributed by atoms with Gasteiger partial charge >= 0.3 is 6.03 Å². The van der Waals surface area contributed by atoms with E-state index in [1.165, 1.54) is 0 Å². The van der Waals surface area contributed by atoms with Crippen molar-refractivity contribution in [3.05, 3.63) is 29.8 Å². The number of anilines is 1. The van der Waals surface area contributed by atoms with Gasteiger partial charge in [0.15, 0.2) is 0 Å². The summed E-state index contributed by atoms with van der Waals surface area (Å²) in [6.45, 7) is 3.73. The second-order valence-corrected chi connectivity index (χ2v) is 4.89. The van der Waals surface area contributed by atoms with Gasteiger partial charge in [-0.2, -0.15) is 0 Å². The molecule has 0 radical (unpaired) electrons. The van der Waals surface area contributed by atoms with Gasteiger partial charge in [-0.1, -0.05) is 26.0 Å². The Hall–Kier alpha value is -2.08. The second kappa shape index (κ2) is 7.49. The molecular formula is C14H21N3O3. The Bertz CT molecular complexity index is 457. The van der Waals surface area contributed by atoms with E-state index in [-0.39, 0.29) is 18.4 Å². The van der Waals surface area contributed by atoms with Gasteiger partial charge in [-0.25, -0.2) is 4.79 Å². The Kier molecular flexibility index (Phi) is 5.99. The van der Waals surface area contributed by atoms with Gasteiger partial charge in [0.05, 0.1) is 0 Å². The summed E-state index contributed by atoms with van der Waals surface area (Å²) in [5.41, 5.74) is 6.68. The molecule has 0 bridgehead atoms. The highest BCUT2D eigenvalue weighted by atomic mass is 16.3. The van der Waals surface area contributed by atoms with E-state index in [4.69, 9.17) is 10.8 Å². The summed E-state index contributed by atoms with van der Waals surface area (Å²) in [4.78, 5) is 23.0. The van der Waals surface area contributed by atoms with Crippen molar-refractivity contribution in [1.82, 2.24) is 5.32 Å². The van der Waals surface area contributed by atoms with Crippen LogP contribution in [0.4, 0.5) is 10.5 Å². The molecule has 1 aromatic rings. The van der Waals surface area contributed by atoms with E-state index in [1.54, 1.807) is 12.1 Å². The van der Waals surface area contributed by atoms with Crippen LogP contribution >= 0.6 is 0 Å².